The van der Waals surface area contributed by atoms with Crippen LogP contribution in [0.3, 0.4) is 0 Å². The molecule has 0 fully saturated rings. The molecule has 0 aliphatic rings. The van der Waals surface area contributed by atoms with Crippen LogP contribution >= 0.6 is 7.60 Å². The molecule has 1 unspecified atom stereocenters. The van der Waals surface area contributed by atoms with Crippen molar-refractivity contribution in [1.29, 1.82) is 0 Å². The second-order valence-corrected chi connectivity index (χ2v) is 8.52. The van der Waals surface area contributed by atoms with Gasteiger partial charge in [-0.3, -0.25) is 9.36 Å². The normalized spacial score (nSPS) is 12.2. The number of hydrogen-bond acceptors (Lipinski definition) is 4. The smallest absolute Gasteiger partial charge is 0.339 e. The quantitative estimate of drug-likeness (QED) is 0.212. The zero-order valence-corrected chi connectivity index (χ0v) is 18.2. The summed E-state index contributed by atoms with van der Waals surface area (Å²) in [6, 6.07) is 0. The molecular formula is C19H42NO5P. The van der Waals surface area contributed by atoms with Crippen LogP contribution in [-0.2, 0) is 14.1 Å². The van der Waals surface area contributed by atoms with Crippen molar-refractivity contribution in [2.75, 3.05) is 19.7 Å². The number of ether oxygens (including phenoxy) is 1. The molecule has 0 radical (unpaired) electrons. The van der Waals surface area contributed by atoms with Gasteiger partial charge in [0, 0.05) is 0 Å². The Bertz CT molecular complexity index is 358. The van der Waals surface area contributed by atoms with Crippen LogP contribution < -0.4 is 5.32 Å². The number of carbonyl (C=O) groups excluding carboxylic acids is 1. The van der Waals surface area contributed by atoms with Crippen molar-refractivity contribution >= 4 is 13.6 Å². The standard InChI is InChI=1S/C15H31O5P.C4H11N/c1-3-4-5-6-7-8-9-10-11-12-13-20-15(16)14(2)21(17,18)19;1-3-5-4-2/h14H,3-13H2,1-2H3,(H2,17,18,19);5H,3-4H2,1-2H3. The second kappa shape index (κ2) is 19.3. The Morgan fingerprint density at radius 2 is 1.31 bits per heavy atom. The van der Waals surface area contributed by atoms with E-state index in [9.17, 15) is 9.36 Å². The molecule has 26 heavy (non-hydrogen) atoms. The van der Waals surface area contributed by atoms with Crippen LogP contribution in [0.25, 0.3) is 0 Å². The Labute approximate surface area is 160 Å². The number of esters is 1. The van der Waals surface area contributed by atoms with Gasteiger partial charge in [-0.15, -0.1) is 0 Å². The third kappa shape index (κ3) is 19.9. The lowest BCUT2D eigenvalue weighted by molar-refractivity contribution is -0.143. The minimum Gasteiger partial charge on any atom is -0.465 e. The lowest BCUT2D eigenvalue weighted by atomic mass is 10.1. The van der Waals surface area contributed by atoms with Gasteiger partial charge < -0.3 is 19.8 Å². The summed E-state index contributed by atoms with van der Waals surface area (Å²) in [6.45, 7) is 10.1. The van der Waals surface area contributed by atoms with E-state index in [1.807, 2.05) is 0 Å². The largest absolute Gasteiger partial charge is 0.465 e. The molecule has 7 heteroatoms. The molecule has 0 aromatic carbocycles. The summed E-state index contributed by atoms with van der Waals surface area (Å²) in [6.07, 6.45) is 11.9. The molecule has 158 valence electrons. The van der Waals surface area contributed by atoms with Gasteiger partial charge in [-0.2, -0.15) is 0 Å². The summed E-state index contributed by atoms with van der Waals surface area (Å²) in [5, 5.41) is 3.11. The van der Waals surface area contributed by atoms with Crippen LogP contribution in [0.2, 0.25) is 0 Å². The Morgan fingerprint density at radius 1 is 0.885 bits per heavy atom. The van der Waals surface area contributed by atoms with Gasteiger partial charge in [0.15, 0.2) is 5.66 Å². The third-order valence-corrected chi connectivity index (χ3v) is 5.31. The van der Waals surface area contributed by atoms with Crippen LogP contribution in [0.1, 0.15) is 91.9 Å². The van der Waals surface area contributed by atoms with Gasteiger partial charge in [0.05, 0.1) is 6.61 Å². The topological polar surface area (TPSA) is 95.9 Å². The van der Waals surface area contributed by atoms with E-state index in [4.69, 9.17) is 14.5 Å². The molecule has 0 saturated heterocycles. The first-order valence-corrected chi connectivity index (χ1v) is 11.9. The van der Waals surface area contributed by atoms with Crippen LogP contribution in [0.15, 0.2) is 0 Å². The maximum absolute atomic E-state index is 11.3. The van der Waals surface area contributed by atoms with Crippen molar-refractivity contribution in [3.05, 3.63) is 0 Å². The Morgan fingerprint density at radius 3 is 1.65 bits per heavy atom. The van der Waals surface area contributed by atoms with E-state index in [0.717, 1.165) is 32.4 Å². The summed E-state index contributed by atoms with van der Waals surface area (Å²) in [7, 11) is -4.37. The maximum Gasteiger partial charge on any atom is 0.339 e. The van der Waals surface area contributed by atoms with Crippen LogP contribution in [0.4, 0.5) is 0 Å². The van der Waals surface area contributed by atoms with Gasteiger partial charge >= 0.3 is 13.6 Å². The van der Waals surface area contributed by atoms with Crippen molar-refractivity contribution in [2.24, 2.45) is 0 Å². The lowest BCUT2D eigenvalue weighted by Crippen LogP contribution is -2.20. The average Bonchev–Trinajstić information content (AvgIpc) is 2.59. The first-order chi connectivity index (χ1) is 12.3. The summed E-state index contributed by atoms with van der Waals surface area (Å²) >= 11 is 0. The molecule has 3 N–H and O–H groups in total. The molecule has 0 aliphatic heterocycles. The number of rotatable bonds is 15. The fourth-order valence-electron chi connectivity index (χ4n) is 2.27. The molecule has 6 nitrogen and oxygen atoms in total. The minimum absolute atomic E-state index is 0.250. The Balaban J connectivity index is 0. The van der Waals surface area contributed by atoms with Crippen molar-refractivity contribution in [1.82, 2.24) is 5.32 Å². The lowest BCUT2D eigenvalue weighted by Gasteiger charge is -2.12. The van der Waals surface area contributed by atoms with E-state index in [1.54, 1.807) is 0 Å². The molecule has 0 amide bonds. The number of hydrogen-bond donors (Lipinski definition) is 3. The molecule has 1 atom stereocenters. The fourth-order valence-corrected chi connectivity index (χ4v) is 2.62. The first-order valence-electron chi connectivity index (χ1n) is 10.2. The highest BCUT2D eigenvalue weighted by atomic mass is 31.2. The molecule has 0 rings (SSSR count). The number of nitrogens with one attached hydrogen (secondary N) is 1. The van der Waals surface area contributed by atoms with Crippen molar-refractivity contribution in [2.45, 2.75) is 97.6 Å². The predicted molar refractivity (Wildman–Crippen MR) is 109 cm³/mol. The molecular weight excluding hydrogens is 353 g/mol. The molecule has 0 saturated carbocycles. The van der Waals surface area contributed by atoms with E-state index in [1.165, 1.54) is 51.9 Å². The van der Waals surface area contributed by atoms with Gasteiger partial charge in [0.2, 0.25) is 0 Å². The highest BCUT2D eigenvalue weighted by molar-refractivity contribution is 7.53. The van der Waals surface area contributed by atoms with E-state index < -0.39 is 19.2 Å². The van der Waals surface area contributed by atoms with Crippen molar-refractivity contribution in [3.8, 4) is 0 Å². The third-order valence-electron chi connectivity index (χ3n) is 4.09. The summed E-state index contributed by atoms with van der Waals surface area (Å²) in [5.74, 6) is -0.806. The van der Waals surface area contributed by atoms with Crippen LogP contribution in [0.5, 0.6) is 0 Å². The molecule has 0 aromatic heterocycles. The minimum atomic E-state index is -4.37. The second-order valence-electron chi connectivity index (χ2n) is 6.57. The molecule has 0 aromatic rings. The van der Waals surface area contributed by atoms with Crippen LogP contribution in [0, 0.1) is 0 Å². The van der Waals surface area contributed by atoms with E-state index in [0.29, 0.717) is 0 Å². The summed E-state index contributed by atoms with van der Waals surface area (Å²) in [4.78, 5) is 29.0. The van der Waals surface area contributed by atoms with E-state index >= 15 is 0 Å². The van der Waals surface area contributed by atoms with Gasteiger partial charge in [-0.25, -0.2) is 0 Å². The van der Waals surface area contributed by atoms with Crippen LogP contribution in [-0.4, -0.2) is 41.1 Å². The van der Waals surface area contributed by atoms with E-state index in [2.05, 4.69) is 26.1 Å². The van der Waals surface area contributed by atoms with Gasteiger partial charge in [-0.1, -0.05) is 78.6 Å². The number of unbranched alkanes of at least 4 members (excludes halogenated alkanes) is 9. The molecule has 0 aliphatic carbocycles. The molecule has 0 bridgehead atoms. The SMILES string of the molecule is CCCCCCCCCCCCOC(=O)C(C)P(=O)(O)O.CCNCC. The molecule has 0 spiro atoms. The van der Waals surface area contributed by atoms with Gasteiger partial charge in [0.1, 0.15) is 0 Å². The highest BCUT2D eigenvalue weighted by Gasteiger charge is 2.32. The average molecular weight is 396 g/mol. The Kier molecular flexibility index (Phi) is 20.7. The number of carbonyl (C=O) groups is 1. The summed E-state index contributed by atoms with van der Waals surface area (Å²) < 4.78 is 15.7. The monoisotopic (exact) mass is 395 g/mol. The fraction of sp³-hybridized carbons (Fsp3) is 0.947. The zero-order valence-electron chi connectivity index (χ0n) is 17.3. The van der Waals surface area contributed by atoms with Gasteiger partial charge in [0.25, 0.3) is 0 Å². The van der Waals surface area contributed by atoms with Gasteiger partial charge in [-0.05, 0) is 26.4 Å². The molecule has 0 heterocycles. The first kappa shape index (κ1) is 27.8. The maximum atomic E-state index is 11.3. The Hall–Kier alpha value is -0.420. The predicted octanol–water partition coefficient (Wildman–Crippen LogP) is 4.63. The summed E-state index contributed by atoms with van der Waals surface area (Å²) in [5.41, 5.74) is -1.36. The highest BCUT2D eigenvalue weighted by Crippen LogP contribution is 2.41. The van der Waals surface area contributed by atoms with Crippen molar-refractivity contribution < 1.29 is 23.9 Å². The van der Waals surface area contributed by atoms with E-state index in [-0.39, 0.29) is 6.61 Å². The zero-order chi connectivity index (χ0) is 20.3. The van der Waals surface area contributed by atoms with Crippen molar-refractivity contribution in [3.63, 3.8) is 0 Å².